The smallest absolute Gasteiger partial charge is 0.290 e. The minimum Gasteiger partial charge on any atom is -0.483 e. The lowest BCUT2D eigenvalue weighted by molar-refractivity contribution is -0.122. The fourth-order valence-corrected chi connectivity index (χ4v) is 0.256. The first-order valence-corrected chi connectivity index (χ1v) is 2.72. The van der Waals surface area contributed by atoms with E-state index < -0.39 is 0 Å². The van der Waals surface area contributed by atoms with Crippen molar-refractivity contribution < 1.29 is 15.0 Å². The molecule has 0 aliphatic heterocycles. The van der Waals surface area contributed by atoms with Crippen molar-refractivity contribution in [3.05, 3.63) is 0 Å². The standard InChI is InChI=1S/C4H11NO.CH2O2/c1-2-5-3-4-6;2-1-3/h5-6H,2-4H2,1H3;1H,(H,2,3). The molecule has 0 unspecified atom stereocenters. The van der Waals surface area contributed by atoms with Gasteiger partial charge in [-0.1, -0.05) is 6.92 Å². The van der Waals surface area contributed by atoms with Crippen LogP contribution in [0.3, 0.4) is 0 Å². The molecule has 0 saturated carbocycles. The molecule has 56 valence electrons. The van der Waals surface area contributed by atoms with Crippen molar-refractivity contribution in [2.24, 2.45) is 0 Å². The van der Waals surface area contributed by atoms with Crippen LogP contribution in [0.5, 0.6) is 0 Å². The maximum Gasteiger partial charge on any atom is 0.290 e. The van der Waals surface area contributed by atoms with E-state index in [9.17, 15) is 0 Å². The van der Waals surface area contributed by atoms with Gasteiger partial charge in [-0.15, -0.1) is 0 Å². The summed E-state index contributed by atoms with van der Waals surface area (Å²) in [4.78, 5) is 8.36. The van der Waals surface area contributed by atoms with Crippen LogP contribution in [-0.2, 0) is 4.79 Å². The summed E-state index contributed by atoms with van der Waals surface area (Å²) < 4.78 is 0. The average molecular weight is 135 g/mol. The summed E-state index contributed by atoms with van der Waals surface area (Å²) in [5.41, 5.74) is 0. The molecule has 0 aromatic heterocycles. The Labute approximate surface area is 54.5 Å². The third kappa shape index (κ3) is 37.6. The highest BCUT2D eigenvalue weighted by Crippen LogP contribution is 1.51. The van der Waals surface area contributed by atoms with Crippen LogP contribution >= 0.6 is 0 Å². The molecule has 0 fully saturated rings. The van der Waals surface area contributed by atoms with Crippen molar-refractivity contribution in [3.8, 4) is 0 Å². The van der Waals surface area contributed by atoms with Crippen LogP contribution in [0.25, 0.3) is 0 Å². The highest BCUT2D eigenvalue weighted by Gasteiger charge is 1.72. The van der Waals surface area contributed by atoms with Crippen molar-refractivity contribution in [1.29, 1.82) is 0 Å². The number of carboxylic acid groups (broad SMARTS) is 1. The average Bonchev–Trinajstić information content (AvgIpc) is 1.86. The van der Waals surface area contributed by atoms with Crippen LogP contribution in [0.1, 0.15) is 6.92 Å². The molecule has 0 aliphatic rings. The third-order valence-electron chi connectivity index (χ3n) is 0.539. The predicted molar refractivity (Wildman–Crippen MR) is 34.3 cm³/mol. The molecule has 0 saturated heterocycles. The van der Waals surface area contributed by atoms with E-state index in [2.05, 4.69) is 5.32 Å². The Hall–Kier alpha value is -0.610. The molecule has 0 heterocycles. The topological polar surface area (TPSA) is 69.6 Å². The molecule has 0 aliphatic carbocycles. The van der Waals surface area contributed by atoms with E-state index in [1.807, 2.05) is 6.92 Å². The Kier molecular flexibility index (Phi) is 19.5. The highest BCUT2D eigenvalue weighted by molar-refractivity contribution is 5.32. The van der Waals surface area contributed by atoms with Crippen LogP contribution < -0.4 is 5.32 Å². The number of aliphatic hydroxyl groups excluding tert-OH is 1. The molecular formula is C5H13NO3. The molecule has 0 aromatic rings. The van der Waals surface area contributed by atoms with Gasteiger partial charge >= 0.3 is 0 Å². The van der Waals surface area contributed by atoms with Gasteiger partial charge < -0.3 is 15.5 Å². The van der Waals surface area contributed by atoms with E-state index in [4.69, 9.17) is 15.0 Å². The molecule has 4 heteroatoms. The van der Waals surface area contributed by atoms with Crippen molar-refractivity contribution in [2.45, 2.75) is 6.92 Å². The first kappa shape index (κ1) is 11.2. The SMILES string of the molecule is CCNCCO.O=CO. The number of nitrogens with one attached hydrogen (secondary N) is 1. The number of aliphatic hydroxyl groups is 1. The molecule has 0 amide bonds. The van der Waals surface area contributed by atoms with Gasteiger partial charge in [-0.25, -0.2) is 0 Å². The lowest BCUT2D eigenvalue weighted by Gasteiger charge is -1.91. The summed E-state index contributed by atoms with van der Waals surface area (Å²) in [5, 5.41) is 18.0. The largest absolute Gasteiger partial charge is 0.483 e. The van der Waals surface area contributed by atoms with E-state index in [0.29, 0.717) is 0 Å². The number of carbonyl (C=O) groups is 1. The zero-order chi connectivity index (χ0) is 7.54. The summed E-state index contributed by atoms with van der Waals surface area (Å²) in [6, 6.07) is 0. The predicted octanol–water partition coefficient (Wildman–Crippen LogP) is -0.711. The molecule has 4 nitrogen and oxygen atoms in total. The summed E-state index contributed by atoms with van der Waals surface area (Å²) in [5.74, 6) is 0. The van der Waals surface area contributed by atoms with Crippen LogP contribution in [0.4, 0.5) is 0 Å². The lowest BCUT2D eigenvalue weighted by Crippen LogP contribution is -2.16. The van der Waals surface area contributed by atoms with Crippen LogP contribution in [0.2, 0.25) is 0 Å². The Bertz CT molecular complexity index is 45.5. The maximum atomic E-state index is 8.36. The Morgan fingerprint density at radius 3 is 2.22 bits per heavy atom. The Morgan fingerprint density at radius 1 is 1.67 bits per heavy atom. The lowest BCUT2D eigenvalue weighted by atomic mass is 10.6. The number of rotatable bonds is 3. The molecule has 0 atom stereocenters. The zero-order valence-electron chi connectivity index (χ0n) is 5.50. The van der Waals surface area contributed by atoms with Crippen LogP contribution in [-0.4, -0.2) is 36.4 Å². The quantitative estimate of drug-likeness (QED) is 0.353. The van der Waals surface area contributed by atoms with Gasteiger partial charge in [0.05, 0.1) is 6.61 Å². The van der Waals surface area contributed by atoms with E-state index >= 15 is 0 Å². The summed E-state index contributed by atoms with van der Waals surface area (Å²) >= 11 is 0. The van der Waals surface area contributed by atoms with Gasteiger partial charge in [0.25, 0.3) is 6.47 Å². The normalized spacial score (nSPS) is 7.33. The maximum absolute atomic E-state index is 8.36. The van der Waals surface area contributed by atoms with Crippen molar-refractivity contribution in [2.75, 3.05) is 19.7 Å². The van der Waals surface area contributed by atoms with Gasteiger partial charge in [-0.2, -0.15) is 0 Å². The summed E-state index contributed by atoms with van der Waals surface area (Å²) in [6.45, 7) is 3.67. The van der Waals surface area contributed by atoms with Gasteiger partial charge in [0.15, 0.2) is 0 Å². The highest BCUT2D eigenvalue weighted by atomic mass is 16.3. The molecule has 9 heavy (non-hydrogen) atoms. The minimum absolute atomic E-state index is 0.244. The molecule has 0 bridgehead atoms. The van der Waals surface area contributed by atoms with Gasteiger partial charge in [-0.3, -0.25) is 4.79 Å². The first-order valence-electron chi connectivity index (χ1n) is 2.72. The van der Waals surface area contributed by atoms with Crippen LogP contribution in [0, 0.1) is 0 Å². The van der Waals surface area contributed by atoms with Gasteiger partial charge in [0.2, 0.25) is 0 Å². The van der Waals surface area contributed by atoms with Gasteiger partial charge in [0.1, 0.15) is 0 Å². The summed E-state index contributed by atoms with van der Waals surface area (Å²) in [7, 11) is 0. The van der Waals surface area contributed by atoms with Crippen molar-refractivity contribution in [1.82, 2.24) is 5.32 Å². The molecule has 0 rings (SSSR count). The third-order valence-corrected chi connectivity index (χ3v) is 0.539. The second-order valence-corrected chi connectivity index (χ2v) is 1.18. The fourth-order valence-electron chi connectivity index (χ4n) is 0.256. The van der Waals surface area contributed by atoms with E-state index in [0.717, 1.165) is 13.1 Å². The minimum atomic E-state index is -0.250. The Balaban J connectivity index is 0. The monoisotopic (exact) mass is 135 g/mol. The molecule has 0 spiro atoms. The second-order valence-electron chi connectivity index (χ2n) is 1.18. The number of likely N-dealkylation sites (N-methyl/N-ethyl adjacent to an activating group) is 1. The van der Waals surface area contributed by atoms with Crippen LogP contribution in [0.15, 0.2) is 0 Å². The first-order chi connectivity index (χ1) is 4.33. The fraction of sp³-hybridized carbons (Fsp3) is 0.800. The second kappa shape index (κ2) is 15.7. The van der Waals surface area contributed by atoms with Crippen molar-refractivity contribution in [3.63, 3.8) is 0 Å². The van der Waals surface area contributed by atoms with E-state index in [1.54, 1.807) is 0 Å². The molecule has 0 radical (unpaired) electrons. The van der Waals surface area contributed by atoms with E-state index in [-0.39, 0.29) is 13.1 Å². The van der Waals surface area contributed by atoms with Gasteiger partial charge in [-0.05, 0) is 6.54 Å². The molecule has 0 aromatic carbocycles. The van der Waals surface area contributed by atoms with Crippen molar-refractivity contribution >= 4 is 6.47 Å². The van der Waals surface area contributed by atoms with E-state index in [1.165, 1.54) is 0 Å². The summed E-state index contributed by atoms with van der Waals surface area (Å²) in [6.07, 6.45) is 0. The zero-order valence-corrected chi connectivity index (χ0v) is 5.50. The molecule has 3 N–H and O–H groups in total. The number of hydrogen-bond donors (Lipinski definition) is 3. The number of hydrogen-bond acceptors (Lipinski definition) is 3. The Morgan fingerprint density at radius 2 is 2.11 bits per heavy atom. The van der Waals surface area contributed by atoms with Gasteiger partial charge in [0, 0.05) is 6.54 Å². The molecular weight excluding hydrogens is 122 g/mol.